The van der Waals surface area contributed by atoms with E-state index >= 15 is 0 Å². The van der Waals surface area contributed by atoms with Crippen molar-refractivity contribution in [3.05, 3.63) is 35.9 Å². The van der Waals surface area contributed by atoms with Gasteiger partial charge in [-0.25, -0.2) is 0 Å². The highest BCUT2D eigenvalue weighted by molar-refractivity contribution is 5.66. The molecular formula is C10H12NO2-. The fraction of sp³-hybridized carbons (Fsp3) is 0.300. The molecule has 0 aliphatic heterocycles. The van der Waals surface area contributed by atoms with Gasteiger partial charge >= 0.3 is 0 Å². The van der Waals surface area contributed by atoms with Crippen LogP contribution in [0.25, 0.3) is 0 Å². The molecule has 1 aromatic rings. The molecule has 3 heteroatoms. The molecular weight excluding hydrogens is 166 g/mol. The maximum absolute atomic E-state index is 10.0. The Morgan fingerprint density at radius 3 is 2.62 bits per heavy atom. The van der Waals surface area contributed by atoms with Crippen LogP contribution in [0.15, 0.2) is 30.3 Å². The van der Waals surface area contributed by atoms with Gasteiger partial charge in [0.25, 0.3) is 0 Å². The topological polar surface area (TPSA) is 52.2 Å². The molecule has 0 saturated carbocycles. The Morgan fingerprint density at radius 1 is 1.31 bits per heavy atom. The summed E-state index contributed by atoms with van der Waals surface area (Å²) in [5.74, 6) is -1.06. The Labute approximate surface area is 77.4 Å². The standard InChI is InChI=1S/C10H13NO2/c12-10(13)8-11-7-6-9-4-2-1-3-5-9/h1-5,11H,6-8H2,(H,12,13)/p-1. The predicted octanol–water partition coefficient (Wildman–Crippen LogP) is -0.431. The average Bonchev–Trinajstić information content (AvgIpc) is 2.14. The molecule has 1 aromatic carbocycles. The zero-order valence-electron chi connectivity index (χ0n) is 7.32. The molecule has 0 aliphatic rings. The van der Waals surface area contributed by atoms with E-state index in [1.54, 1.807) is 0 Å². The number of rotatable bonds is 5. The number of carboxylic acids is 1. The molecule has 1 rings (SSSR count). The second kappa shape index (κ2) is 5.32. The highest BCUT2D eigenvalue weighted by atomic mass is 16.4. The summed E-state index contributed by atoms with van der Waals surface area (Å²) in [6, 6.07) is 9.92. The van der Waals surface area contributed by atoms with E-state index in [2.05, 4.69) is 5.32 Å². The number of nitrogens with one attached hydrogen (secondary N) is 1. The third-order valence-electron chi connectivity index (χ3n) is 1.70. The lowest BCUT2D eigenvalue weighted by atomic mass is 10.1. The van der Waals surface area contributed by atoms with Crippen molar-refractivity contribution in [2.75, 3.05) is 13.1 Å². The number of carbonyl (C=O) groups is 1. The van der Waals surface area contributed by atoms with Gasteiger partial charge in [0.2, 0.25) is 0 Å². The molecule has 0 aliphatic carbocycles. The normalized spacial score (nSPS) is 9.85. The summed E-state index contributed by atoms with van der Waals surface area (Å²) in [5.41, 5.74) is 1.20. The lowest BCUT2D eigenvalue weighted by molar-refractivity contribution is -0.304. The van der Waals surface area contributed by atoms with Gasteiger partial charge in [-0.2, -0.15) is 0 Å². The van der Waals surface area contributed by atoms with Crippen LogP contribution in [0.2, 0.25) is 0 Å². The first kappa shape index (κ1) is 9.74. The molecule has 13 heavy (non-hydrogen) atoms. The number of carbonyl (C=O) groups excluding carboxylic acids is 1. The zero-order chi connectivity index (χ0) is 9.52. The maximum atomic E-state index is 10.0. The molecule has 70 valence electrons. The Bertz CT molecular complexity index is 259. The summed E-state index contributed by atoms with van der Waals surface area (Å²) < 4.78 is 0. The fourth-order valence-electron chi connectivity index (χ4n) is 1.07. The third-order valence-corrected chi connectivity index (χ3v) is 1.70. The van der Waals surface area contributed by atoms with Gasteiger partial charge in [0.05, 0.1) is 5.97 Å². The van der Waals surface area contributed by atoms with Crippen molar-refractivity contribution in [3.8, 4) is 0 Å². The van der Waals surface area contributed by atoms with Gasteiger partial charge in [-0.15, -0.1) is 0 Å². The fourth-order valence-corrected chi connectivity index (χ4v) is 1.07. The SMILES string of the molecule is O=C([O-])CNCCc1ccccc1. The third kappa shape index (κ3) is 4.28. The van der Waals surface area contributed by atoms with E-state index in [1.807, 2.05) is 30.3 Å². The molecule has 0 radical (unpaired) electrons. The molecule has 0 unspecified atom stereocenters. The summed E-state index contributed by atoms with van der Waals surface area (Å²) in [4.78, 5) is 10.0. The maximum Gasteiger partial charge on any atom is 0.0552 e. The second-order valence-electron chi connectivity index (χ2n) is 2.78. The summed E-state index contributed by atoms with van der Waals surface area (Å²) in [7, 11) is 0. The van der Waals surface area contributed by atoms with E-state index in [0.717, 1.165) is 6.42 Å². The summed E-state index contributed by atoms with van der Waals surface area (Å²) in [6.07, 6.45) is 0.841. The van der Waals surface area contributed by atoms with Crippen molar-refractivity contribution in [1.29, 1.82) is 0 Å². The number of hydrogen-bond donors (Lipinski definition) is 1. The Balaban J connectivity index is 2.17. The molecule has 1 N–H and O–H groups in total. The van der Waals surface area contributed by atoms with Crippen LogP contribution < -0.4 is 10.4 Å². The molecule has 3 nitrogen and oxygen atoms in total. The number of hydrogen-bond acceptors (Lipinski definition) is 3. The number of benzene rings is 1. The van der Waals surface area contributed by atoms with E-state index < -0.39 is 5.97 Å². The lowest BCUT2D eigenvalue weighted by Crippen LogP contribution is -2.35. The van der Waals surface area contributed by atoms with Crippen LogP contribution in [0, 0.1) is 0 Å². The number of aliphatic carboxylic acids is 1. The van der Waals surface area contributed by atoms with Crippen molar-refractivity contribution >= 4 is 5.97 Å². The van der Waals surface area contributed by atoms with E-state index in [9.17, 15) is 9.90 Å². The van der Waals surface area contributed by atoms with E-state index in [-0.39, 0.29) is 6.54 Å². The van der Waals surface area contributed by atoms with Crippen LogP contribution in [0.3, 0.4) is 0 Å². The monoisotopic (exact) mass is 178 g/mol. The van der Waals surface area contributed by atoms with Crippen LogP contribution in [0.5, 0.6) is 0 Å². The van der Waals surface area contributed by atoms with Crippen LogP contribution in [0.1, 0.15) is 5.56 Å². The van der Waals surface area contributed by atoms with E-state index in [1.165, 1.54) is 5.56 Å². The quantitative estimate of drug-likeness (QED) is 0.622. The van der Waals surface area contributed by atoms with Crippen LogP contribution in [-0.4, -0.2) is 19.1 Å². The number of carboxylic acid groups (broad SMARTS) is 1. The summed E-state index contributed by atoms with van der Waals surface area (Å²) in [5, 5.41) is 12.8. The molecule has 0 bridgehead atoms. The first-order chi connectivity index (χ1) is 6.29. The summed E-state index contributed by atoms with van der Waals surface area (Å²) >= 11 is 0. The Morgan fingerprint density at radius 2 is 2.00 bits per heavy atom. The second-order valence-corrected chi connectivity index (χ2v) is 2.78. The van der Waals surface area contributed by atoms with E-state index in [4.69, 9.17) is 0 Å². The Hall–Kier alpha value is -1.35. The van der Waals surface area contributed by atoms with Gasteiger partial charge in [-0.1, -0.05) is 30.3 Å². The van der Waals surface area contributed by atoms with E-state index in [0.29, 0.717) is 6.54 Å². The molecule has 0 atom stereocenters. The van der Waals surface area contributed by atoms with Gasteiger partial charge in [-0.05, 0) is 18.5 Å². The van der Waals surface area contributed by atoms with Gasteiger partial charge in [0, 0.05) is 6.54 Å². The highest BCUT2D eigenvalue weighted by Crippen LogP contribution is 1.97. The summed E-state index contributed by atoms with van der Waals surface area (Å²) in [6.45, 7) is 0.588. The highest BCUT2D eigenvalue weighted by Gasteiger charge is 1.90. The smallest absolute Gasteiger partial charge is 0.0552 e. The van der Waals surface area contributed by atoms with Crippen molar-refractivity contribution < 1.29 is 9.90 Å². The van der Waals surface area contributed by atoms with Crippen molar-refractivity contribution in [2.24, 2.45) is 0 Å². The van der Waals surface area contributed by atoms with Crippen LogP contribution in [0.4, 0.5) is 0 Å². The molecule has 0 aromatic heterocycles. The van der Waals surface area contributed by atoms with Gasteiger partial charge < -0.3 is 15.2 Å². The average molecular weight is 178 g/mol. The first-order valence-corrected chi connectivity index (χ1v) is 4.23. The minimum Gasteiger partial charge on any atom is -0.549 e. The zero-order valence-corrected chi connectivity index (χ0v) is 7.32. The minimum atomic E-state index is -1.06. The molecule has 0 fully saturated rings. The minimum absolute atomic E-state index is 0.0766. The van der Waals surface area contributed by atoms with Crippen LogP contribution in [-0.2, 0) is 11.2 Å². The molecule has 0 saturated heterocycles. The van der Waals surface area contributed by atoms with Crippen LogP contribution >= 0.6 is 0 Å². The predicted molar refractivity (Wildman–Crippen MR) is 48.0 cm³/mol. The first-order valence-electron chi connectivity index (χ1n) is 4.23. The van der Waals surface area contributed by atoms with Crippen molar-refractivity contribution in [2.45, 2.75) is 6.42 Å². The van der Waals surface area contributed by atoms with Gasteiger partial charge in [0.15, 0.2) is 0 Å². The molecule has 0 heterocycles. The largest absolute Gasteiger partial charge is 0.549 e. The molecule has 0 amide bonds. The van der Waals surface area contributed by atoms with Crippen molar-refractivity contribution in [3.63, 3.8) is 0 Å². The lowest BCUT2D eigenvalue weighted by Gasteiger charge is -2.04. The van der Waals surface area contributed by atoms with Gasteiger partial charge in [0.1, 0.15) is 0 Å². The van der Waals surface area contributed by atoms with Crippen molar-refractivity contribution in [1.82, 2.24) is 5.32 Å². The Kier molecular flexibility index (Phi) is 3.99. The van der Waals surface area contributed by atoms with Gasteiger partial charge in [-0.3, -0.25) is 0 Å². The molecule has 0 spiro atoms.